The number of halogens is 1. The van der Waals surface area contributed by atoms with Crippen molar-refractivity contribution in [1.82, 2.24) is 0 Å². The maximum atomic E-state index is 10.8. The van der Waals surface area contributed by atoms with Crippen molar-refractivity contribution in [2.24, 2.45) is 0 Å². The molecule has 0 aliphatic rings. The van der Waals surface area contributed by atoms with E-state index in [0.29, 0.717) is 16.1 Å². The van der Waals surface area contributed by atoms with Crippen LogP contribution in [-0.4, -0.2) is 11.1 Å². The van der Waals surface area contributed by atoms with Crippen molar-refractivity contribution in [2.75, 3.05) is 0 Å². The smallest absolute Gasteiger partial charge is 0.336 e. The van der Waals surface area contributed by atoms with Crippen LogP contribution >= 0.6 is 11.6 Å². The zero-order valence-electron chi connectivity index (χ0n) is 7.81. The molecule has 1 N–H and O–H groups in total. The summed E-state index contributed by atoms with van der Waals surface area (Å²) >= 11 is 5.94. The van der Waals surface area contributed by atoms with Crippen molar-refractivity contribution in [2.45, 2.75) is 20.8 Å². The molecule has 0 amide bonds. The number of carbonyl (C=O) groups is 1. The maximum Gasteiger partial charge on any atom is 0.336 e. The van der Waals surface area contributed by atoms with Crippen LogP contribution in [0.1, 0.15) is 27.0 Å². The zero-order valence-corrected chi connectivity index (χ0v) is 8.57. The molecule has 0 radical (unpaired) electrons. The maximum absolute atomic E-state index is 10.8. The highest BCUT2D eigenvalue weighted by atomic mass is 35.5. The van der Waals surface area contributed by atoms with Crippen LogP contribution in [-0.2, 0) is 0 Å². The minimum atomic E-state index is -0.920. The largest absolute Gasteiger partial charge is 0.478 e. The van der Waals surface area contributed by atoms with E-state index in [4.69, 9.17) is 16.7 Å². The molecular formula is C10H11ClO2. The lowest BCUT2D eigenvalue weighted by Gasteiger charge is -2.09. The molecule has 0 saturated heterocycles. The van der Waals surface area contributed by atoms with Gasteiger partial charge in [-0.1, -0.05) is 17.7 Å². The van der Waals surface area contributed by atoms with Crippen molar-refractivity contribution < 1.29 is 9.90 Å². The Hall–Kier alpha value is -1.02. The quantitative estimate of drug-likeness (QED) is 0.754. The molecule has 13 heavy (non-hydrogen) atoms. The van der Waals surface area contributed by atoms with E-state index in [0.717, 1.165) is 11.1 Å². The summed E-state index contributed by atoms with van der Waals surface area (Å²) in [6, 6.07) is 1.79. The van der Waals surface area contributed by atoms with E-state index < -0.39 is 5.97 Å². The minimum absolute atomic E-state index is 0.315. The second-order valence-corrected chi connectivity index (χ2v) is 3.51. The molecule has 0 aromatic heterocycles. The molecule has 1 aromatic rings. The molecule has 0 fully saturated rings. The average Bonchev–Trinajstić information content (AvgIpc) is 1.99. The normalized spacial score (nSPS) is 10.2. The molecule has 0 atom stereocenters. The number of aromatic carboxylic acids is 1. The fourth-order valence-electron chi connectivity index (χ4n) is 1.49. The first kappa shape index (κ1) is 10.1. The van der Waals surface area contributed by atoms with E-state index >= 15 is 0 Å². The van der Waals surface area contributed by atoms with Crippen molar-refractivity contribution >= 4 is 17.6 Å². The Balaban J connectivity index is 3.53. The SMILES string of the molecule is Cc1cc(C)c(C(=O)O)c(C)c1Cl. The summed E-state index contributed by atoms with van der Waals surface area (Å²) in [7, 11) is 0. The van der Waals surface area contributed by atoms with Gasteiger partial charge in [0.2, 0.25) is 0 Å². The van der Waals surface area contributed by atoms with Crippen LogP contribution in [0.5, 0.6) is 0 Å². The van der Waals surface area contributed by atoms with Gasteiger partial charge in [-0.05, 0) is 37.5 Å². The third kappa shape index (κ3) is 1.68. The molecular weight excluding hydrogens is 188 g/mol. The molecule has 0 unspecified atom stereocenters. The van der Waals surface area contributed by atoms with Gasteiger partial charge in [-0.15, -0.1) is 0 Å². The van der Waals surface area contributed by atoms with Gasteiger partial charge < -0.3 is 5.11 Å². The van der Waals surface area contributed by atoms with Gasteiger partial charge in [-0.2, -0.15) is 0 Å². The molecule has 1 aromatic carbocycles. The fraction of sp³-hybridized carbons (Fsp3) is 0.300. The number of hydrogen-bond acceptors (Lipinski definition) is 1. The lowest BCUT2D eigenvalue weighted by Crippen LogP contribution is -2.04. The van der Waals surface area contributed by atoms with Crippen molar-refractivity contribution in [3.05, 3.63) is 33.3 Å². The summed E-state index contributed by atoms with van der Waals surface area (Å²) in [5.74, 6) is -0.920. The molecule has 70 valence electrons. The Morgan fingerprint density at radius 1 is 1.31 bits per heavy atom. The van der Waals surface area contributed by atoms with Crippen LogP contribution in [0.2, 0.25) is 5.02 Å². The molecule has 0 aliphatic heterocycles. The molecule has 1 rings (SSSR count). The highest BCUT2D eigenvalue weighted by Crippen LogP contribution is 2.26. The third-order valence-electron chi connectivity index (χ3n) is 2.09. The van der Waals surface area contributed by atoms with E-state index in [1.54, 1.807) is 19.9 Å². The lowest BCUT2D eigenvalue weighted by molar-refractivity contribution is 0.0695. The predicted molar refractivity (Wildman–Crippen MR) is 52.6 cm³/mol. The summed E-state index contributed by atoms with van der Waals surface area (Å²) in [6.45, 7) is 5.37. The van der Waals surface area contributed by atoms with E-state index in [1.807, 2.05) is 6.92 Å². The predicted octanol–water partition coefficient (Wildman–Crippen LogP) is 2.96. The van der Waals surface area contributed by atoms with Gasteiger partial charge in [0, 0.05) is 5.02 Å². The van der Waals surface area contributed by atoms with Crippen LogP contribution in [0.3, 0.4) is 0 Å². The Morgan fingerprint density at radius 2 is 1.85 bits per heavy atom. The van der Waals surface area contributed by atoms with Crippen molar-refractivity contribution in [3.8, 4) is 0 Å². The topological polar surface area (TPSA) is 37.3 Å². The van der Waals surface area contributed by atoms with Gasteiger partial charge in [0.15, 0.2) is 0 Å². The fourth-order valence-corrected chi connectivity index (χ4v) is 1.64. The first-order valence-electron chi connectivity index (χ1n) is 3.94. The van der Waals surface area contributed by atoms with E-state index in [9.17, 15) is 4.79 Å². The molecule has 0 bridgehead atoms. The Kier molecular flexibility index (Phi) is 2.62. The molecule has 0 heterocycles. The van der Waals surface area contributed by atoms with Crippen molar-refractivity contribution in [1.29, 1.82) is 0 Å². The van der Waals surface area contributed by atoms with Crippen LogP contribution in [0.4, 0.5) is 0 Å². The first-order chi connectivity index (χ1) is 5.95. The Labute approximate surface area is 82.2 Å². The van der Waals surface area contributed by atoms with Crippen LogP contribution in [0.25, 0.3) is 0 Å². The summed E-state index contributed by atoms with van der Waals surface area (Å²) in [6.07, 6.45) is 0. The molecule has 2 nitrogen and oxygen atoms in total. The molecule has 3 heteroatoms. The summed E-state index contributed by atoms with van der Waals surface area (Å²) < 4.78 is 0. The standard InChI is InChI=1S/C10H11ClO2/c1-5-4-6(2)9(11)7(3)8(5)10(12)13/h4H,1-3H3,(H,12,13). The number of carboxylic acids is 1. The molecule has 0 saturated carbocycles. The van der Waals surface area contributed by atoms with E-state index in [-0.39, 0.29) is 0 Å². The van der Waals surface area contributed by atoms with Gasteiger partial charge in [0.1, 0.15) is 0 Å². The number of aryl methyl sites for hydroxylation is 2. The van der Waals surface area contributed by atoms with Crippen LogP contribution in [0, 0.1) is 20.8 Å². The van der Waals surface area contributed by atoms with Crippen molar-refractivity contribution in [3.63, 3.8) is 0 Å². The number of hydrogen-bond donors (Lipinski definition) is 1. The Morgan fingerprint density at radius 3 is 2.31 bits per heavy atom. The third-order valence-corrected chi connectivity index (χ3v) is 2.67. The second kappa shape index (κ2) is 3.38. The average molecular weight is 199 g/mol. The Bertz CT molecular complexity index is 370. The van der Waals surface area contributed by atoms with Gasteiger partial charge in [0.25, 0.3) is 0 Å². The molecule has 0 spiro atoms. The van der Waals surface area contributed by atoms with Gasteiger partial charge >= 0.3 is 5.97 Å². The van der Waals surface area contributed by atoms with Crippen LogP contribution < -0.4 is 0 Å². The first-order valence-corrected chi connectivity index (χ1v) is 4.32. The summed E-state index contributed by atoms with van der Waals surface area (Å²) in [4.78, 5) is 10.8. The zero-order chi connectivity index (χ0) is 10.2. The summed E-state index contributed by atoms with van der Waals surface area (Å²) in [5.41, 5.74) is 2.64. The number of carboxylic acid groups (broad SMARTS) is 1. The summed E-state index contributed by atoms with van der Waals surface area (Å²) in [5, 5.41) is 9.45. The minimum Gasteiger partial charge on any atom is -0.478 e. The second-order valence-electron chi connectivity index (χ2n) is 3.13. The van der Waals surface area contributed by atoms with Gasteiger partial charge in [-0.3, -0.25) is 0 Å². The highest BCUT2D eigenvalue weighted by Gasteiger charge is 2.14. The van der Waals surface area contributed by atoms with E-state index in [1.165, 1.54) is 0 Å². The van der Waals surface area contributed by atoms with E-state index in [2.05, 4.69) is 0 Å². The van der Waals surface area contributed by atoms with Gasteiger partial charge in [-0.25, -0.2) is 4.79 Å². The van der Waals surface area contributed by atoms with Gasteiger partial charge in [0.05, 0.1) is 5.56 Å². The monoisotopic (exact) mass is 198 g/mol. The number of benzene rings is 1. The van der Waals surface area contributed by atoms with Crippen LogP contribution in [0.15, 0.2) is 6.07 Å². The highest BCUT2D eigenvalue weighted by molar-refractivity contribution is 6.32. The lowest BCUT2D eigenvalue weighted by atomic mass is 10.00. The molecule has 0 aliphatic carbocycles. The number of rotatable bonds is 1.